The molecule has 3 aromatic carbocycles. The summed E-state index contributed by atoms with van der Waals surface area (Å²) in [4.78, 5) is 30.7. The summed E-state index contributed by atoms with van der Waals surface area (Å²) in [5.74, 6) is -0.563. The summed E-state index contributed by atoms with van der Waals surface area (Å²) in [5.41, 5.74) is 7.64. The van der Waals surface area contributed by atoms with Gasteiger partial charge in [0.2, 0.25) is 0 Å². The fraction of sp³-hybridized carbons (Fsp3) is 0.214. The number of hydrogen-bond acceptors (Lipinski definition) is 3. The van der Waals surface area contributed by atoms with Gasteiger partial charge in [-0.05, 0) is 67.6 Å². The molecule has 1 aliphatic heterocycles. The summed E-state index contributed by atoms with van der Waals surface area (Å²) in [6, 6.07) is 21.7. The van der Waals surface area contributed by atoms with E-state index in [1.807, 2.05) is 106 Å². The van der Waals surface area contributed by atoms with Crippen LogP contribution >= 0.6 is 0 Å². The molecule has 1 aliphatic rings. The molecule has 4 rings (SSSR count). The number of carbonyl (C=O) groups excluding carboxylic acids is 2. The third-order valence-corrected chi connectivity index (χ3v) is 6.10. The van der Waals surface area contributed by atoms with Crippen molar-refractivity contribution in [3.05, 3.63) is 106 Å². The highest BCUT2D eigenvalue weighted by atomic mass is 16.2. The normalized spacial score (nSPS) is 13.8. The second-order valence-corrected chi connectivity index (χ2v) is 8.60. The summed E-state index contributed by atoms with van der Waals surface area (Å²) >= 11 is 0. The Balaban J connectivity index is 1.84. The van der Waals surface area contributed by atoms with Crippen LogP contribution in [0.2, 0.25) is 0 Å². The molecule has 0 radical (unpaired) electrons. The smallest absolute Gasteiger partial charge is 0.282 e. The van der Waals surface area contributed by atoms with Gasteiger partial charge in [0.15, 0.2) is 0 Å². The van der Waals surface area contributed by atoms with Crippen molar-refractivity contribution < 1.29 is 9.59 Å². The molecule has 0 aliphatic carbocycles. The predicted octanol–water partition coefficient (Wildman–Crippen LogP) is 5.34. The molecule has 162 valence electrons. The average Bonchev–Trinajstić information content (AvgIpc) is 3.01. The number of imide groups is 1. The Labute approximate surface area is 189 Å². The van der Waals surface area contributed by atoms with E-state index in [0.717, 1.165) is 33.4 Å². The van der Waals surface area contributed by atoms with Crippen molar-refractivity contribution >= 4 is 23.1 Å². The molecule has 2 amide bonds. The highest BCUT2D eigenvalue weighted by Crippen LogP contribution is 2.36. The van der Waals surface area contributed by atoms with E-state index in [-0.39, 0.29) is 11.8 Å². The van der Waals surface area contributed by atoms with Crippen LogP contribution in [0.25, 0.3) is 5.57 Å². The van der Waals surface area contributed by atoms with Crippen molar-refractivity contribution in [2.75, 3.05) is 11.9 Å². The lowest BCUT2D eigenvalue weighted by Crippen LogP contribution is -2.34. The minimum atomic E-state index is -0.286. The molecule has 0 saturated carbocycles. The molecule has 0 atom stereocenters. The zero-order chi connectivity index (χ0) is 23.0. The third-order valence-electron chi connectivity index (χ3n) is 6.10. The van der Waals surface area contributed by atoms with Gasteiger partial charge in [0, 0.05) is 13.6 Å². The van der Waals surface area contributed by atoms with Crippen LogP contribution < -0.4 is 4.90 Å². The van der Waals surface area contributed by atoms with Crippen LogP contribution in [-0.4, -0.2) is 23.8 Å². The van der Waals surface area contributed by atoms with Crippen LogP contribution in [0.3, 0.4) is 0 Å². The van der Waals surface area contributed by atoms with Gasteiger partial charge >= 0.3 is 0 Å². The molecular weight excluding hydrogens is 396 g/mol. The largest absolute Gasteiger partial charge is 0.365 e. The second kappa shape index (κ2) is 8.46. The number of hydrogen-bond donors (Lipinski definition) is 0. The topological polar surface area (TPSA) is 40.6 Å². The van der Waals surface area contributed by atoms with Gasteiger partial charge in [0.25, 0.3) is 11.8 Å². The zero-order valence-corrected chi connectivity index (χ0v) is 19.3. The zero-order valence-electron chi connectivity index (χ0n) is 19.3. The molecule has 32 heavy (non-hydrogen) atoms. The van der Waals surface area contributed by atoms with E-state index in [2.05, 4.69) is 0 Å². The van der Waals surface area contributed by atoms with Gasteiger partial charge in [-0.15, -0.1) is 0 Å². The SMILES string of the molecule is Cc1ccc(C2=C(N(C)Cc3ccccc3)C(=O)N(c3ccc(C)c(C)c3)C2=O)c(C)c1. The second-order valence-electron chi connectivity index (χ2n) is 8.60. The Morgan fingerprint density at radius 2 is 1.47 bits per heavy atom. The quantitative estimate of drug-likeness (QED) is 0.519. The summed E-state index contributed by atoms with van der Waals surface area (Å²) < 4.78 is 0. The first-order chi connectivity index (χ1) is 15.3. The number of amides is 2. The third kappa shape index (κ3) is 3.84. The van der Waals surface area contributed by atoms with E-state index < -0.39 is 0 Å². The van der Waals surface area contributed by atoms with Crippen LogP contribution in [0.1, 0.15) is 33.4 Å². The number of rotatable bonds is 5. The van der Waals surface area contributed by atoms with Gasteiger partial charge in [0.05, 0.1) is 11.3 Å². The fourth-order valence-corrected chi connectivity index (χ4v) is 4.24. The van der Waals surface area contributed by atoms with Gasteiger partial charge in [0.1, 0.15) is 5.70 Å². The molecule has 1 heterocycles. The number of nitrogens with zero attached hydrogens (tertiary/aromatic N) is 2. The van der Waals surface area contributed by atoms with E-state index in [9.17, 15) is 9.59 Å². The first kappa shape index (κ1) is 21.6. The van der Waals surface area contributed by atoms with Gasteiger partial charge < -0.3 is 4.90 Å². The van der Waals surface area contributed by atoms with Crippen molar-refractivity contribution in [3.63, 3.8) is 0 Å². The van der Waals surface area contributed by atoms with Crippen LogP contribution in [0.15, 0.2) is 72.4 Å². The Hall–Kier alpha value is -3.66. The first-order valence-corrected chi connectivity index (χ1v) is 10.8. The van der Waals surface area contributed by atoms with Crippen molar-refractivity contribution in [1.82, 2.24) is 4.90 Å². The lowest BCUT2D eigenvalue weighted by molar-refractivity contribution is -0.120. The Bertz CT molecular complexity index is 1240. The number of aryl methyl sites for hydroxylation is 4. The summed E-state index contributed by atoms with van der Waals surface area (Å²) in [6.07, 6.45) is 0. The van der Waals surface area contributed by atoms with Gasteiger partial charge in [-0.3, -0.25) is 9.59 Å². The van der Waals surface area contributed by atoms with Crippen molar-refractivity contribution in [2.45, 2.75) is 34.2 Å². The summed E-state index contributed by atoms with van der Waals surface area (Å²) in [7, 11) is 1.88. The molecule has 0 saturated heterocycles. The number of anilines is 1. The summed E-state index contributed by atoms with van der Waals surface area (Å²) in [5, 5.41) is 0. The Kier molecular flexibility index (Phi) is 5.70. The highest BCUT2D eigenvalue weighted by molar-refractivity contribution is 6.45. The lowest BCUT2D eigenvalue weighted by Gasteiger charge is -2.22. The molecule has 0 aromatic heterocycles. The molecule has 0 N–H and O–H groups in total. The van der Waals surface area contributed by atoms with Crippen molar-refractivity contribution in [2.24, 2.45) is 0 Å². The maximum Gasteiger partial charge on any atom is 0.282 e. The standard InChI is InChI=1S/C28H28N2O2/c1-18-11-14-24(21(4)15-18)25-26(29(5)17-22-9-7-6-8-10-22)28(32)30(27(25)31)23-13-12-19(2)20(3)16-23/h6-16H,17H2,1-5H3. The van der Waals surface area contributed by atoms with E-state index in [1.165, 1.54) is 4.90 Å². The molecule has 0 unspecified atom stereocenters. The Morgan fingerprint density at radius 3 is 2.12 bits per heavy atom. The molecule has 0 bridgehead atoms. The maximum absolute atomic E-state index is 13.7. The average molecular weight is 425 g/mol. The number of benzene rings is 3. The molecule has 3 aromatic rings. The maximum atomic E-state index is 13.7. The Morgan fingerprint density at radius 1 is 0.750 bits per heavy atom. The number of carbonyl (C=O) groups is 2. The molecule has 4 nitrogen and oxygen atoms in total. The molecule has 0 fully saturated rings. The monoisotopic (exact) mass is 424 g/mol. The van der Waals surface area contributed by atoms with Crippen LogP contribution in [0.4, 0.5) is 5.69 Å². The van der Waals surface area contributed by atoms with Crippen LogP contribution in [0.5, 0.6) is 0 Å². The van der Waals surface area contributed by atoms with E-state index in [1.54, 1.807) is 0 Å². The van der Waals surface area contributed by atoms with Crippen molar-refractivity contribution in [1.29, 1.82) is 0 Å². The van der Waals surface area contributed by atoms with Crippen LogP contribution in [-0.2, 0) is 16.1 Å². The first-order valence-electron chi connectivity index (χ1n) is 10.8. The lowest BCUT2D eigenvalue weighted by atomic mass is 9.97. The van der Waals surface area contributed by atoms with Crippen LogP contribution in [0, 0.1) is 27.7 Å². The van der Waals surface area contributed by atoms with E-state index in [4.69, 9.17) is 0 Å². The minimum absolute atomic E-state index is 0.278. The minimum Gasteiger partial charge on any atom is -0.365 e. The van der Waals surface area contributed by atoms with E-state index in [0.29, 0.717) is 23.5 Å². The summed E-state index contributed by atoms with van der Waals surface area (Å²) in [6.45, 7) is 8.55. The fourth-order valence-electron chi connectivity index (χ4n) is 4.24. The van der Waals surface area contributed by atoms with Gasteiger partial charge in [-0.2, -0.15) is 0 Å². The highest BCUT2D eigenvalue weighted by Gasteiger charge is 2.42. The van der Waals surface area contributed by atoms with Gasteiger partial charge in [-0.1, -0.05) is 60.2 Å². The van der Waals surface area contributed by atoms with Gasteiger partial charge in [-0.25, -0.2) is 4.90 Å². The molecule has 4 heteroatoms. The molecular formula is C28H28N2O2. The van der Waals surface area contributed by atoms with Crippen molar-refractivity contribution in [3.8, 4) is 0 Å². The number of likely N-dealkylation sites (N-methyl/N-ethyl adjacent to an activating group) is 1. The molecule has 0 spiro atoms. The van der Waals surface area contributed by atoms with E-state index >= 15 is 0 Å². The predicted molar refractivity (Wildman–Crippen MR) is 129 cm³/mol.